The number of imide groups is 1. The summed E-state index contributed by atoms with van der Waals surface area (Å²) in [7, 11) is 1.54. The van der Waals surface area contributed by atoms with Crippen LogP contribution < -0.4 is 9.64 Å². The Labute approximate surface area is 203 Å². The van der Waals surface area contributed by atoms with Gasteiger partial charge in [0.15, 0.2) is 0 Å². The van der Waals surface area contributed by atoms with E-state index >= 15 is 0 Å². The molecule has 6 nitrogen and oxygen atoms in total. The van der Waals surface area contributed by atoms with E-state index in [9.17, 15) is 14.4 Å². The van der Waals surface area contributed by atoms with Crippen molar-refractivity contribution in [1.29, 1.82) is 0 Å². The highest BCUT2D eigenvalue weighted by Gasteiger charge is 2.33. The van der Waals surface area contributed by atoms with Crippen LogP contribution in [0.15, 0.2) is 84.9 Å². The van der Waals surface area contributed by atoms with E-state index in [0.29, 0.717) is 33.5 Å². The summed E-state index contributed by atoms with van der Waals surface area (Å²) >= 11 is 0. The summed E-state index contributed by atoms with van der Waals surface area (Å²) in [6.45, 7) is 2.11. The summed E-state index contributed by atoms with van der Waals surface area (Å²) in [5, 5.41) is 1.53. The molecule has 0 fully saturated rings. The molecule has 1 aliphatic rings. The highest BCUT2D eigenvalue weighted by molar-refractivity contribution is 6.25. The lowest BCUT2D eigenvalue weighted by Crippen LogP contribution is -2.46. The summed E-state index contributed by atoms with van der Waals surface area (Å²) in [6.07, 6.45) is 0. The number of ether oxygens (including phenoxy) is 1. The van der Waals surface area contributed by atoms with Crippen molar-refractivity contribution in [1.82, 2.24) is 4.90 Å². The zero-order valence-corrected chi connectivity index (χ0v) is 19.5. The molecule has 0 aliphatic carbocycles. The maximum absolute atomic E-state index is 13.6. The number of benzene rings is 4. The number of para-hydroxylation sites is 2. The Balaban J connectivity index is 1.49. The SMILES string of the molecule is COc1ccccc1N(CCN1C(=O)c2cccc3cccc(c23)C1=O)C(=O)c1ccc(C)cc1. The molecule has 0 saturated carbocycles. The van der Waals surface area contributed by atoms with E-state index in [1.165, 1.54) is 4.90 Å². The van der Waals surface area contributed by atoms with Gasteiger partial charge in [-0.15, -0.1) is 0 Å². The molecule has 0 spiro atoms. The van der Waals surface area contributed by atoms with Crippen molar-refractivity contribution in [2.45, 2.75) is 6.92 Å². The lowest BCUT2D eigenvalue weighted by Gasteiger charge is -2.30. The van der Waals surface area contributed by atoms with Gasteiger partial charge < -0.3 is 9.64 Å². The minimum Gasteiger partial charge on any atom is -0.495 e. The van der Waals surface area contributed by atoms with Crippen LogP contribution in [0.25, 0.3) is 10.8 Å². The number of aryl methyl sites for hydroxylation is 1. The molecular formula is C29H24N2O4. The molecule has 3 amide bonds. The molecule has 0 bridgehead atoms. The number of amides is 3. The van der Waals surface area contributed by atoms with E-state index < -0.39 is 0 Å². The van der Waals surface area contributed by atoms with Gasteiger partial charge in [-0.05, 0) is 48.7 Å². The predicted octanol–water partition coefficient (Wildman–Crippen LogP) is 5.10. The third-order valence-electron chi connectivity index (χ3n) is 6.32. The number of rotatable bonds is 6. The number of anilines is 1. The quantitative estimate of drug-likeness (QED) is 0.373. The average Bonchev–Trinajstić information content (AvgIpc) is 2.89. The minimum absolute atomic E-state index is 0.0397. The zero-order valence-electron chi connectivity index (χ0n) is 19.5. The van der Waals surface area contributed by atoms with Crippen molar-refractivity contribution >= 4 is 34.2 Å². The van der Waals surface area contributed by atoms with E-state index in [2.05, 4.69) is 0 Å². The second kappa shape index (κ2) is 9.06. The molecule has 6 heteroatoms. The Morgan fingerprint density at radius 2 is 1.46 bits per heavy atom. The second-order valence-corrected chi connectivity index (χ2v) is 8.47. The molecule has 0 unspecified atom stereocenters. The number of carbonyl (C=O) groups excluding carboxylic acids is 3. The van der Waals surface area contributed by atoms with Gasteiger partial charge in [-0.1, -0.05) is 54.1 Å². The van der Waals surface area contributed by atoms with Gasteiger partial charge in [-0.3, -0.25) is 19.3 Å². The first-order valence-corrected chi connectivity index (χ1v) is 11.4. The molecule has 0 aromatic heterocycles. The molecular weight excluding hydrogens is 440 g/mol. The fraction of sp³-hybridized carbons (Fsp3) is 0.138. The summed E-state index contributed by atoms with van der Waals surface area (Å²) in [5.41, 5.74) is 3.11. The summed E-state index contributed by atoms with van der Waals surface area (Å²) in [4.78, 5) is 43.1. The molecule has 1 aliphatic heterocycles. The highest BCUT2D eigenvalue weighted by atomic mass is 16.5. The Bertz CT molecular complexity index is 1410. The standard InChI is InChI=1S/C29H24N2O4/c1-19-13-15-21(16-14-19)27(32)30(24-11-3-4-12-25(24)35-2)17-18-31-28(33)22-9-5-7-20-8-6-10-23(26(20)22)29(31)34/h3-16H,17-18H2,1-2H3. The summed E-state index contributed by atoms with van der Waals surface area (Å²) in [5.74, 6) is -0.433. The summed E-state index contributed by atoms with van der Waals surface area (Å²) < 4.78 is 5.51. The molecule has 0 radical (unpaired) electrons. The van der Waals surface area contributed by atoms with Gasteiger partial charge in [0.05, 0.1) is 12.8 Å². The third kappa shape index (κ3) is 3.93. The molecule has 5 rings (SSSR count). The first-order chi connectivity index (χ1) is 17.0. The first-order valence-electron chi connectivity index (χ1n) is 11.4. The first kappa shape index (κ1) is 22.3. The minimum atomic E-state index is -0.359. The lowest BCUT2D eigenvalue weighted by molar-refractivity contribution is 0.0611. The van der Waals surface area contributed by atoms with Crippen LogP contribution in [0.1, 0.15) is 36.6 Å². The van der Waals surface area contributed by atoms with E-state index in [0.717, 1.165) is 10.9 Å². The zero-order chi connectivity index (χ0) is 24.5. The summed E-state index contributed by atoms with van der Waals surface area (Å²) in [6, 6.07) is 25.4. The number of hydrogen-bond acceptors (Lipinski definition) is 4. The molecule has 4 aromatic carbocycles. The number of hydrogen-bond donors (Lipinski definition) is 0. The number of methoxy groups -OCH3 is 1. The second-order valence-electron chi connectivity index (χ2n) is 8.47. The normalized spacial score (nSPS) is 12.7. The van der Waals surface area contributed by atoms with Gasteiger partial charge in [0.25, 0.3) is 17.7 Å². The Kier molecular flexibility index (Phi) is 5.79. The van der Waals surface area contributed by atoms with Crippen LogP contribution in [0.2, 0.25) is 0 Å². The van der Waals surface area contributed by atoms with Crippen molar-refractivity contribution < 1.29 is 19.1 Å². The maximum atomic E-state index is 13.6. The van der Waals surface area contributed by atoms with Gasteiger partial charge in [-0.25, -0.2) is 0 Å². The van der Waals surface area contributed by atoms with Crippen molar-refractivity contribution in [3.05, 3.63) is 107 Å². The van der Waals surface area contributed by atoms with E-state index in [1.54, 1.807) is 48.4 Å². The predicted molar refractivity (Wildman–Crippen MR) is 135 cm³/mol. The lowest BCUT2D eigenvalue weighted by atomic mass is 9.94. The van der Waals surface area contributed by atoms with E-state index in [4.69, 9.17) is 4.74 Å². The van der Waals surface area contributed by atoms with Crippen LogP contribution in [0.5, 0.6) is 5.75 Å². The maximum Gasteiger partial charge on any atom is 0.261 e. The van der Waals surface area contributed by atoms with Gasteiger partial charge in [0.1, 0.15) is 5.75 Å². The smallest absolute Gasteiger partial charge is 0.261 e. The van der Waals surface area contributed by atoms with Gasteiger partial charge in [0.2, 0.25) is 0 Å². The molecule has 0 atom stereocenters. The van der Waals surface area contributed by atoms with Crippen molar-refractivity contribution in [3.63, 3.8) is 0 Å². The van der Waals surface area contributed by atoms with E-state index in [1.807, 2.05) is 55.5 Å². The van der Waals surface area contributed by atoms with Gasteiger partial charge >= 0.3 is 0 Å². The van der Waals surface area contributed by atoms with E-state index in [-0.39, 0.29) is 30.8 Å². The molecule has 0 saturated heterocycles. The number of carbonyl (C=O) groups is 3. The van der Waals surface area contributed by atoms with Crippen LogP contribution >= 0.6 is 0 Å². The van der Waals surface area contributed by atoms with Crippen molar-refractivity contribution in [2.24, 2.45) is 0 Å². The fourth-order valence-corrected chi connectivity index (χ4v) is 4.52. The molecule has 0 N–H and O–H groups in total. The van der Waals surface area contributed by atoms with Crippen LogP contribution in [-0.4, -0.2) is 42.8 Å². The molecule has 174 valence electrons. The van der Waals surface area contributed by atoms with Gasteiger partial charge in [-0.2, -0.15) is 0 Å². The molecule has 35 heavy (non-hydrogen) atoms. The van der Waals surface area contributed by atoms with Crippen LogP contribution in [0, 0.1) is 6.92 Å². The average molecular weight is 465 g/mol. The van der Waals surface area contributed by atoms with Crippen LogP contribution in [0.3, 0.4) is 0 Å². The molecule has 1 heterocycles. The largest absolute Gasteiger partial charge is 0.495 e. The van der Waals surface area contributed by atoms with Crippen molar-refractivity contribution in [3.8, 4) is 5.75 Å². The van der Waals surface area contributed by atoms with Crippen LogP contribution in [-0.2, 0) is 0 Å². The monoisotopic (exact) mass is 464 g/mol. The van der Waals surface area contributed by atoms with Crippen LogP contribution in [0.4, 0.5) is 5.69 Å². The number of nitrogens with zero attached hydrogens (tertiary/aromatic N) is 2. The van der Waals surface area contributed by atoms with Crippen molar-refractivity contribution in [2.75, 3.05) is 25.1 Å². The Morgan fingerprint density at radius 1 is 0.829 bits per heavy atom. The Morgan fingerprint density at radius 3 is 2.09 bits per heavy atom. The van der Waals surface area contributed by atoms with Gasteiger partial charge in [0, 0.05) is 35.2 Å². The molecule has 4 aromatic rings. The topological polar surface area (TPSA) is 66.9 Å². The highest BCUT2D eigenvalue weighted by Crippen LogP contribution is 2.32. The fourth-order valence-electron chi connectivity index (χ4n) is 4.52. The third-order valence-corrected chi connectivity index (χ3v) is 6.32. The Hall–Kier alpha value is -4.45.